The van der Waals surface area contributed by atoms with E-state index in [-0.39, 0.29) is 0 Å². The normalized spacial score (nSPS) is 30.4. The van der Waals surface area contributed by atoms with E-state index in [4.69, 9.17) is 4.74 Å². The minimum atomic E-state index is 0.384. The van der Waals surface area contributed by atoms with Crippen LogP contribution in [0.3, 0.4) is 0 Å². The van der Waals surface area contributed by atoms with Crippen LogP contribution in [-0.4, -0.2) is 37.2 Å². The highest BCUT2D eigenvalue weighted by atomic mass is 16.5. The fraction of sp³-hybridized carbons (Fsp3) is 0.647. The summed E-state index contributed by atoms with van der Waals surface area (Å²) in [5.74, 6) is 0.824. The lowest BCUT2D eigenvalue weighted by Crippen LogP contribution is -2.34. The highest BCUT2D eigenvalue weighted by Crippen LogP contribution is 2.32. The van der Waals surface area contributed by atoms with Gasteiger partial charge in [-0.25, -0.2) is 0 Å². The van der Waals surface area contributed by atoms with Gasteiger partial charge >= 0.3 is 0 Å². The Hall–Kier alpha value is -0.900. The second kappa shape index (κ2) is 5.47. The molecule has 3 aliphatic rings. The molecule has 3 nitrogen and oxygen atoms in total. The molecule has 3 heteroatoms. The Labute approximate surface area is 121 Å². The van der Waals surface area contributed by atoms with Gasteiger partial charge in [-0.3, -0.25) is 0 Å². The maximum absolute atomic E-state index is 5.72. The molecule has 0 amide bonds. The molecule has 1 aromatic rings. The van der Waals surface area contributed by atoms with E-state index >= 15 is 0 Å². The Balaban J connectivity index is 1.34. The zero-order valence-electron chi connectivity index (χ0n) is 12.1. The summed E-state index contributed by atoms with van der Waals surface area (Å²) in [4.78, 5) is 2.69. The third kappa shape index (κ3) is 2.62. The number of nitrogens with one attached hydrogen (secondary N) is 1. The van der Waals surface area contributed by atoms with Crippen LogP contribution in [0, 0.1) is 5.92 Å². The first-order valence-corrected chi connectivity index (χ1v) is 8.03. The summed E-state index contributed by atoms with van der Waals surface area (Å²) in [6.45, 7) is 5.33. The summed E-state index contributed by atoms with van der Waals surface area (Å²) in [5.41, 5.74) is 2.79. The number of ether oxygens (including phenoxy) is 1. The molecule has 1 saturated heterocycles. The molecular weight excluding hydrogens is 248 g/mol. The molecule has 1 saturated carbocycles. The quantitative estimate of drug-likeness (QED) is 0.910. The van der Waals surface area contributed by atoms with Crippen LogP contribution in [0.1, 0.15) is 36.4 Å². The van der Waals surface area contributed by atoms with Crippen LogP contribution >= 0.6 is 0 Å². The second-order valence-corrected chi connectivity index (χ2v) is 6.56. The Kier molecular flexibility index (Phi) is 3.51. The van der Waals surface area contributed by atoms with Crippen LogP contribution in [-0.2, 0) is 11.3 Å². The SMILES string of the molecule is c1ccc2c(c1)COCC2NCC1CCN(C2CC2)C1. The van der Waals surface area contributed by atoms with Crippen LogP contribution in [0.5, 0.6) is 0 Å². The lowest BCUT2D eigenvalue weighted by molar-refractivity contribution is 0.0809. The van der Waals surface area contributed by atoms with Gasteiger partial charge < -0.3 is 15.0 Å². The molecule has 4 rings (SSSR count). The Bertz CT molecular complexity index is 472. The predicted molar refractivity (Wildman–Crippen MR) is 79.5 cm³/mol. The summed E-state index contributed by atoms with van der Waals surface area (Å²) in [5, 5.41) is 3.75. The van der Waals surface area contributed by atoms with Gasteiger partial charge in [0.05, 0.1) is 19.3 Å². The Morgan fingerprint density at radius 2 is 2.10 bits per heavy atom. The standard InChI is InChI=1S/C17H24N2O/c1-2-4-16-14(3-1)11-20-12-17(16)18-9-13-7-8-19(10-13)15-5-6-15/h1-4,13,15,17-18H,5-12H2. The molecule has 0 aromatic heterocycles. The molecule has 0 radical (unpaired) electrons. The molecule has 2 aliphatic heterocycles. The summed E-state index contributed by atoms with van der Waals surface area (Å²) >= 11 is 0. The van der Waals surface area contributed by atoms with Crippen molar-refractivity contribution in [1.82, 2.24) is 10.2 Å². The van der Waals surface area contributed by atoms with E-state index < -0.39 is 0 Å². The highest BCUT2D eigenvalue weighted by molar-refractivity contribution is 5.31. The van der Waals surface area contributed by atoms with Gasteiger partial charge in [-0.15, -0.1) is 0 Å². The lowest BCUT2D eigenvalue weighted by Gasteiger charge is -2.27. The van der Waals surface area contributed by atoms with Gasteiger partial charge in [0.1, 0.15) is 0 Å². The molecule has 1 N–H and O–H groups in total. The zero-order chi connectivity index (χ0) is 13.4. The van der Waals surface area contributed by atoms with Crippen molar-refractivity contribution in [2.75, 3.05) is 26.2 Å². The van der Waals surface area contributed by atoms with E-state index in [1.807, 2.05) is 0 Å². The number of hydrogen-bond acceptors (Lipinski definition) is 3. The second-order valence-electron chi connectivity index (χ2n) is 6.56. The predicted octanol–water partition coefficient (Wildman–Crippen LogP) is 2.33. The van der Waals surface area contributed by atoms with Crippen LogP contribution in [0.15, 0.2) is 24.3 Å². The third-order valence-electron chi connectivity index (χ3n) is 5.01. The summed E-state index contributed by atoms with van der Waals surface area (Å²) in [6.07, 6.45) is 4.23. The summed E-state index contributed by atoms with van der Waals surface area (Å²) < 4.78 is 5.72. The van der Waals surface area contributed by atoms with Crippen molar-refractivity contribution in [2.45, 2.75) is 38.0 Å². The highest BCUT2D eigenvalue weighted by Gasteiger charge is 2.34. The summed E-state index contributed by atoms with van der Waals surface area (Å²) in [7, 11) is 0. The van der Waals surface area contributed by atoms with Crippen molar-refractivity contribution in [3.8, 4) is 0 Å². The van der Waals surface area contributed by atoms with Crippen molar-refractivity contribution in [3.63, 3.8) is 0 Å². The topological polar surface area (TPSA) is 24.5 Å². The maximum Gasteiger partial charge on any atom is 0.0721 e. The van der Waals surface area contributed by atoms with Crippen molar-refractivity contribution in [1.29, 1.82) is 0 Å². The van der Waals surface area contributed by atoms with Gasteiger partial charge in [-0.2, -0.15) is 0 Å². The van der Waals surface area contributed by atoms with Crippen LogP contribution in [0.2, 0.25) is 0 Å². The molecule has 1 aliphatic carbocycles. The molecule has 20 heavy (non-hydrogen) atoms. The van der Waals surface area contributed by atoms with Crippen molar-refractivity contribution < 1.29 is 4.74 Å². The number of hydrogen-bond donors (Lipinski definition) is 1. The minimum Gasteiger partial charge on any atom is -0.375 e. The van der Waals surface area contributed by atoms with Gasteiger partial charge in [0.15, 0.2) is 0 Å². The number of benzene rings is 1. The van der Waals surface area contributed by atoms with Crippen LogP contribution in [0.25, 0.3) is 0 Å². The van der Waals surface area contributed by atoms with Gasteiger partial charge in [0, 0.05) is 12.6 Å². The molecule has 0 bridgehead atoms. The molecule has 2 unspecified atom stereocenters. The molecular formula is C17H24N2O. The number of likely N-dealkylation sites (tertiary alicyclic amines) is 1. The molecule has 2 atom stereocenters. The number of fused-ring (bicyclic) bond motifs is 1. The molecule has 0 spiro atoms. The first kappa shape index (κ1) is 12.8. The fourth-order valence-corrected chi connectivity index (χ4v) is 3.66. The van der Waals surface area contributed by atoms with Crippen LogP contribution < -0.4 is 5.32 Å². The Morgan fingerprint density at radius 1 is 1.20 bits per heavy atom. The van der Waals surface area contributed by atoms with Gasteiger partial charge in [-0.1, -0.05) is 24.3 Å². The average Bonchev–Trinajstić information content (AvgIpc) is 3.24. The first-order chi connectivity index (χ1) is 9.90. The smallest absolute Gasteiger partial charge is 0.0721 e. The molecule has 108 valence electrons. The van der Waals surface area contributed by atoms with Crippen molar-refractivity contribution >= 4 is 0 Å². The third-order valence-corrected chi connectivity index (χ3v) is 5.01. The lowest BCUT2D eigenvalue weighted by atomic mass is 9.98. The zero-order valence-corrected chi connectivity index (χ0v) is 12.1. The van der Waals surface area contributed by atoms with Crippen molar-refractivity contribution in [2.24, 2.45) is 5.92 Å². The van der Waals surface area contributed by atoms with Gasteiger partial charge in [0.2, 0.25) is 0 Å². The van der Waals surface area contributed by atoms with E-state index in [0.29, 0.717) is 6.04 Å². The first-order valence-electron chi connectivity index (χ1n) is 8.03. The minimum absolute atomic E-state index is 0.384. The van der Waals surface area contributed by atoms with Crippen molar-refractivity contribution in [3.05, 3.63) is 35.4 Å². The van der Waals surface area contributed by atoms with E-state index in [0.717, 1.165) is 31.7 Å². The molecule has 2 heterocycles. The van der Waals surface area contributed by atoms with E-state index in [1.165, 1.54) is 43.5 Å². The van der Waals surface area contributed by atoms with Crippen LogP contribution in [0.4, 0.5) is 0 Å². The molecule has 2 fully saturated rings. The van der Waals surface area contributed by atoms with Gasteiger partial charge in [-0.05, 0) is 49.4 Å². The largest absolute Gasteiger partial charge is 0.375 e. The molecule has 1 aromatic carbocycles. The van der Waals surface area contributed by atoms with E-state index in [2.05, 4.69) is 34.5 Å². The number of rotatable bonds is 4. The monoisotopic (exact) mass is 272 g/mol. The average molecular weight is 272 g/mol. The van der Waals surface area contributed by atoms with E-state index in [9.17, 15) is 0 Å². The Morgan fingerprint density at radius 3 is 3.00 bits per heavy atom. The fourth-order valence-electron chi connectivity index (χ4n) is 3.66. The van der Waals surface area contributed by atoms with E-state index in [1.54, 1.807) is 0 Å². The van der Waals surface area contributed by atoms with Gasteiger partial charge in [0.25, 0.3) is 0 Å². The summed E-state index contributed by atoms with van der Waals surface area (Å²) in [6, 6.07) is 10.0. The maximum atomic E-state index is 5.72. The number of nitrogens with zero attached hydrogens (tertiary/aromatic N) is 1.